The van der Waals surface area contributed by atoms with Crippen LogP contribution in [0.4, 0.5) is 24.5 Å². The van der Waals surface area contributed by atoms with Crippen LogP contribution in [0.25, 0.3) is 0 Å². The van der Waals surface area contributed by atoms with Crippen LogP contribution >= 0.6 is 0 Å². The summed E-state index contributed by atoms with van der Waals surface area (Å²) >= 11 is 0. The van der Waals surface area contributed by atoms with Gasteiger partial charge in [-0.1, -0.05) is 12.1 Å². The highest BCUT2D eigenvalue weighted by molar-refractivity contribution is 6.05. The number of benzene rings is 2. The number of carbonyl (C=O) groups is 3. The van der Waals surface area contributed by atoms with Crippen molar-refractivity contribution in [2.75, 3.05) is 23.4 Å². The molecule has 7 nitrogen and oxygen atoms in total. The molecule has 0 fully saturated rings. The molecule has 2 aromatic carbocycles. The van der Waals surface area contributed by atoms with Crippen molar-refractivity contribution in [3.63, 3.8) is 0 Å². The Bertz CT molecular complexity index is 976. The van der Waals surface area contributed by atoms with Gasteiger partial charge in [-0.3, -0.25) is 14.5 Å². The van der Waals surface area contributed by atoms with Crippen LogP contribution in [0.1, 0.15) is 23.7 Å². The van der Waals surface area contributed by atoms with Crippen molar-refractivity contribution >= 4 is 29.2 Å². The summed E-state index contributed by atoms with van der Waals surface area (Å²) in [5.41, 5.74) is 0.303. The predicted octanol–water partition coefficient (Wildman–Crippen LogP) is 3.55. The number of nitrogens with zero attached hydrogens (tertiary/aromatic N) is 1. The fourth-order valence-corrected chi connectivity index (χ4v) is 3.11. The lowest BCUT2D eigenvalue weighted by atomic mass is 10.1. The topological polar surface area (TPSA) is 84.9 Å². The van der Waals surface area contributed by atoms with E-state index in [0.29, 0.717) is 4.90 Å². The standard InChI is InChI=1S/C21H19F3N2O5/c1-2-30-20(29)13-7-9-14(10-8-13)31-12-19(28)26-16-6-4-3-5-15(16)25-18(27)11-17(26)21(22,23)24/h3-10,17H,2,11-12H2,1H3,(H,25,27)/t17-/m1/s1. The number of alkyl halides is 3. The molecule has 164 valence electrons. The second-order valence-electron chi connectivity index (χ2n) is 6.62. The Morgan fingerprint density at radius 1 is 1.13 bits per heavy atom. The largest absolute Gasteiger partial charge is 0.484 e. The van der Waals surface area contributed by atoms with Crippen LogP contribution in [0.2, 0.25) is 0 Å². The highest BCUT2D eigenvalue weighted by Crippen LogP contribution is 2.37. The molecule has 0 spiro atoms. The highest BCUT2D eigenvalue weighted by Gasteiger charge is 2.49. The molecule has 0 saturated heterocycles. The number of nitrogens with one attached hydrogen (secondary N) is 1. The Hall–Kier alpha value is -3.56. The molecule has 0 bridgehead atoms. The average Bonchev–Trinajstić information content (AvgIpc) is 2.88. The van der Waals surface area contributed by atoms with Crippen molar-refractivity contribution in [3.8, 4) is 5.75 Å². The van der Waals surface area contributed by atoms with E-state index >= 15 is 0 Å². The molecule has 1 heterocycles. The van der Waals surface area contributed by atoms with E-state index in [0.717, 1.165) is 0 Å². The SMILES string of the molecule is CCOC(=O)c1ccc(OCC(=O)N2c3ccccc3NC(=O)C[C@@H]2C(F)(F)F)cc1. The molecule has 1 N–H and O–H groups in total. The van der Waals surface area contributed by atoms with E-state index in [2.05, 4.69) is 5.32 Å². The van der Waals surface area contributed by atoms with Gasteiger partial charge in [-0.25, -0.2) is 4.79 Å². The number of rotatable bonds is 5. The maximum atomic E-state index is 13.7. The summed E-state index contributed by atoms with van der Waals surface area (Å²) in [5, 5.41) is 2.39. The first-order chi connectivity index (χ1) is 14.7. The van der Waals surface area contributed by atoms with E-state index in [4.69, 9.17) is 9.47 Å². The van der Waals surface area contributed by atoms with Gasteiger partial charge in [0.2, 0.25) is 5.91 Å². The minimum absolute atomic E-state index is 0.0677. The van der Waals surface area contributed by atoms with Crippen molar-refractivity contribution in [1.82, 2.24) is 0 Å². The molecule has 2 aromatic rings. The van der Waals surface area contributed by atoms with Crippen LogP contribution in [0, 0.1) is 0 Å². The Morgan fingerprint density at radius 2 is 1.81 bits per heavy atom. The Morgan fingerprint density at radius 3 is 2.45 bits per heavy atom. The lowest BCUT2D eigenvalue weighted by Gasteiger charge is -2.31. The molecule has 1 aliphatic heterocycles. The fourth-order valence-electron chi connectivity index (χ4n) is 3.11. The van der Waals surface area contributed by atoms with E-state index in [1.165, 1.54) is 48.5 Å². The third-order valence-corrected chi connectivity index (χ3v) is 4.50. The average molecular weight is 436 g/mol. The summed E-state index contributed by atoms with van der Waals surface area (Å²) in [7, 11) is 0. The van der Waals surface area contributed by atoms with Gasteiger partial charge >= 0.3 is 12.1 Å². The molecule has 10 heteroatoms. The number of hydrogen-bond acceptors (Lipinski definition) is 5. The molecular weight excluding hydrogens is 417 g/mol. The minimum Gasteiger partial charge on any atom is -0.484 e. The first-order valence-electron chi connectivity index (χ1n) is 9.38. The minimum atomic E-state index is -4.83. The van der Waals surface area contributed by atoms with Gasteiger partial charge in [0.15, 0.2) is 6.61 Å². The summed E-state index contributed by atoms with van der Waals surface area (Å²) in [6.45, 7) is 1.17. The summed E-state index contributed by atoms with van der Waals surface area (Å²) in [5.74, 6) is -2.17. The summed E-state index contributed by atoms with van der Waals surface area (Å²) in [4.78, 5) is 37.0. The van der Waals surface area contributed by atoms with Gasteiger partial charge in [-0.05, 0) is 43.3 Å². The van der Waals surface area contributed by atoms with Crippen LogP contribution < -0.4 is 15.0 Å². The number of carbonyl (C=O) groups excluding carboxylic acids is 3. The molecule has 1 atom stereocenters. The predicted molar refractivity (Wildman–Crippen MR) is 105 cm³/mol. The van der Waals surface area contributed by atoms with Crippen molar-refractivity contribution in [3.05, 3.63) is 54.1 Å². The van der Waals surface area contributed by atoms with Crippen LogP contribution in [-0.2, 0) is 14.3 Å². The lowest BCUT2D eigenvalue weighted by Crippen LogP contribution is -2.51. The van der Waals surface area contributed by atoms with E-state index in [9.17, 15) is 27.6 Å². The van der Waals surface area contributed by atoms with Crippen LogP contribution in [0.5, 0.6) is 5.75 Å². The molecule has 31 heavy (non-hydrogen) atoms. The van der Waals surface area contributed by atoms with Crippen molar-refractivity contribution in [1.29, 1.82) is 0 Å². The van der Waals surface area contributed by atoms with Crippen molar-refractivity contribution in [2.45, 2.75) is 25.6 Å². The second kappa shape index (κ2) is 9.07. The number of para-hydroxylation sites is 2. The number of amides is 2. The Kier molecular flexibility index (Phi) is 6.47. The molecule has 0 radical (unpaired) electrons. The zero-order valence-corrected chi connectivity index (χ0v) is 16.4. The van der Waals surface area contributed by atoms with Gasteiger partial charge in [0.25, 0.3) is 5.91 Å². The van der Waals surface area contributed by atoms with E-state index in [1.807, 2.05) is 0 Å². The molecule has 0 aliphatic carbocycles. The Balaban J connectivity index is 1.81. The zero-order valence-electron chi connectivity index (χ0n) is 16.4. The number of esters is 1. The molecule has 1 aliphatic rings. The summed E-state index contributed by atoms with van der Waals surface area (Å²) in [6, 6.07) is 9.06. The van der Waals surface area contributed by atoms with Gasteiger partial charge in [-0.15, -0.1) is 0 Å². The summed E-state index contributed by atoms with van der Waals surface area (Å²) < 4.78 is 51.3. The van der Waals surface area contributed by atoms with Crippen molar-refractivity contribution < 1.29 is 37.0 Å². The third kappa shape index (κ3) is 5.14. The van der Waals surface area contributed by atoms with E-state index in [1.54, 1.807) is 6.92 Å². The zero-order chi connectivity index (χ0) is 22.6. The highest BCUT2D eigenvalue weighted by atomic mass is 19.4. The molecule has 0 unspecified atom stereocenters. The van der Waals surface area contributed by atoms with E-state index < -0.39 is 43.0 Å². The molecule has 0 saturated carbocycles. The Labute approximate surface area is 175 Å². The summed E-state index contributed by atoms with van der Waals surface area (Å²) in [6.07, 6.45) is -5.76. The third-order valence-electron chi connectivity index (χ3n) is 4.50. The second-order valence-corrected chi connectivity index (χ2v) is 6.62. The smallest absolute Gasteiger partial charge is 0.409 e. The molecule has 0 aromatic heterocycles. The number of hydrogen-bond donors (Lipinski definition) is 1. The normalized spacial score (nSPS) is 16.1. The number of fused-ring (bicyclic) bond motifs is 1. The molecule has 2 amide bonds. The fraction of sp³-hybridized carbons (Fsp3) is 0.286. The number of halogens is 3. The van der Waals surface area contributed by atoms with E-state index in [-0.39, 0.29) is 29.3 Å². The maximum Gasteiger partial charge on any atom is 0.409 e. The molecule has 3 rings (SSSR count). The van der Waals surface area contributed by atoms with Gasteiger partial charge in [0.05, 0.1) is 30.0 Å². The van der Waals surface area contributed by atoms with Crippen molar-refractivity contribution in [2.24, 2.45) is 0 Å². The quantitative estimate of drug-likeness (QED) is 0.725. The number of ether oxygens (including phenoxy) is 2. The lowest BCUT2D eigenvalue weighted by molar-refractivity contribution is -0.158. The van der Waals surface area contributed by atoms with Gasteiger partial charge in [0, 0.05) is 0 Å². The molecular formula is C21H19F3N2O5. The van der Waals surface area contributed by atoms with Gasteiger partial charge < -0.3 is 14.8 Å². The first kappa shape index (κ1) is 22.1. The number of anilines is 2. The monoisotopic (exact) mass is 436 g/mol. The van der Waals surface area contributed by atoms with Gasteiger partial charge in [0.1, 0.15) is 11.8 Å². The maximum absolute atomic E-state index is 13.7. The van der Waals surface area contributed by atoms with Crippen LogP contribution in [0.3, 0.4) is 0 Å². The van der Waals surface area contributed by atoms with Crippen LogP contribution in [-0.4, -0.2) is 43.2 Å². The van der Waals surface area contributed by atoms with Gasteiger partial charge in [-0.2, -0.15) is 13.2 Å². The first-order valence-corrected chi connectivity index (χ1v) is 9.38. The van der Waals surface area contributed by atoms with Crippen LogP contribution in [0.15, 0.2) is 48.5 Å².